The fraction of sp³-hybridized carbons (Fsp3) is 0.417. The predicted octanol–water partition coefficient (Wildman–Crippen LogP) is 2.03. The summed E-state index contributed by atoms with van der Waals surface area (Å²) < 4.78 is 0. The first kappa shape index (κ1) is 11.6. The van der Waals surface area contributed by atoms with Gasteiger partial charge in [0, 0.05) is 25.2 Å². The van der Waals surface area contributed by atoms with Crippen LogP contribution in [0.15, 0.2) is 24.3 Å². The van der Waals surface area contributed by atoms with E-state index in [2.05, 4.69) is 0 Å². The maximum absolute atomic E-state index is 11.5. The number of hydrogen-bond acceptors (Lipinski definition) is 2. The first-order valence-electron chi connectivity index (χ1n) is 5.30. The molecule has 0 saturated heterocycles. The van der Waals surface area contributed by atoms with Gasteiger partial charge < -0.3 is 10.6 Å². The van der Waals surface area contributed by atoms with Crippen LogP contribution in [0.1, 0.15) is 25.8 Å². The van der Waals surface area contributed by atoms with Gasteiger partial charge in [-0.2, -0.15) is 0 Å². The summed E-state index contributed by atoms with van der Waals surface area (Å²) in [7, 11) is 0. The molecule has 0 aliphatic carbocycles. The minimum Gasteiger partial charge on any atom is -0.398 e. The summed E-state index contributed by atoms with van der Waals surface area (Å²) in [5.41, 5.74) is 7.59. The highest BCUT2D eigenvalue weighted by Crippen LogP contribution is 2.13. The topological polar surface area (TPSA) is 46.3 Å². The SMILES string of the molecule is CCC(=O)N(CC)Cc1ccccc1N. The van der Waals surface area contributed by atoms with Gasteiger partial charge >= 0.3 is 0 Å². The monoisotopic (exact) mass is 206 g/mol. The Morgan fingerprint density at radius 3 is 2.53 bits per heavy atom. The van der Waals surface area contributed by atoms with Crippen LogP contribution >= 0.6 is 0 Å². The van der Waals surface area contributed by atoms with E-state index in [0.717, 1.165) is 17.8 Å². The second kappa shape index (κ2) is 5.39. The standard InChI is InChI=1S/C12H18N2O/c1-3-12(15)14(4-2)9-10-7-5-6-8-11(10)13/h5-8H,3-4,9,13H2,1-2H3. The van der Waals surface area contributed by atoms with Crippen molar-refractivity contribution in [3.05, 3.63) is 29.8 Å². The molecule has 2 N–H and O–H groups in total. The third-order valence-corrected chi connectivity index (χ3v) is 2.45. The van der Waals surface area contributed by atoms with Crippen molar-refractivity contribution in [3.63, 3.8) is 0 Å². The smallest absolute Gasteiger partial charge is 0.222 e. The Hall–Kier alpha value is -1.51. The fourth-order valence-corrected chi connectivity index (χ4v) is 1.48. The van der Waals surface area contributed by atoms with E-state index in [1.54, 1.807) is 0 Å². The molecule has 0 aliphatic rings. The number of carbonyl (C=O) groups excluding carboxylic acids is 1. The lowest BCUT2D eigenvalue weighted by molar-refractivity contribution is -0.131. The van der Waals surface area contributed by atoms with Gasteiger partial charge in [-0.15, -0.1) is 0 Å². The zero-order chi connectivity index (χ0) is 11.3. The van der Waals surface area contributed by atoms with Gasteiger partial charge in [-0.1, -0.05) is 25.1 Å². The highest BCUT2D eigenvalue weighted by Gasteiger charge is 2.10. The lowest BCUT2D eigenvalue weighted by Crippen LogP contribution is -2.29. The molecule has 0 aromatic heterocycles. The van der Waals surface area contributed by atoms with E-state index in [0.29, 0.717) is 13.0 Å². The first-order chi connectivity index (χ1) is 7.19. The van der Waals surface area contributed by atoms with Gasteiger partial charge in [0.2, 0.25) is 5.91 Å². The van der Waals surface area contributed by atoms with Crippen LogP contribution in [0.25, 0.3) is 0 Å². The number of rotatable bonds is 4. The van der Waals surface area contributed by atoms with E-state index in [9.17, 15) is 4.79 Å². The van der Waals surface area contributed by atoms with Crippen LogP contribution in [-0.2, 0) is 11.3 Å². The van der Waals surface area contributed by atoms with Gasteiger partial charge in [0.1, 0.15) is 0 Å². The molecule has 0 unspecified atom stereocenters. The largest absolute Gasteiger partial charge is 0.398 e. The Bertz CT molecular complexity index is 336. The number of amides is 1. The van der Waals surface area contributed by atoms with Gasteiger partial charge in [-0.05, 0) is 18.6 Å². The normalized spacial score (nSPS) is 10.0. The van der Waals surface area contributed by atoms with Gasteiger partial charge in [0.15, 0.2) is 0 Å². The van der Waals surface area contributed by atoms with E-state index in [4.69, 9.17) is 5.73 Å². The van der Waals surface area contributed by atoms with E-state index < -0.39 is 0 Å². The van der Waals surface area contributed by atoms with Crippen LogP contribution in [0.5, 0.6) is 0 Å². The molecule has 1 aromatic carbocycles. The van der Waals surface area contributed by atoms with Crippen molar-refractivity contribution < 1.29 is 4.79 Å². The molecule has 15 heavy (non-hydrogen) atoms. The summed E-state index contributed by atoms with van der Waals surface area (Å²) in [5.74, 6) is 0.167. The summed E-state index contributed by atoms with van der Waals surface area (Å²) >= 11 is 0. The summed E-state index contributed by atoms with van der Waals surface area (Å²) in [6.45, 7) is 5.18. The number of benzene rings is 1. The molecule has 0 saturated carbocycles. The molecule has 0 fully saturated rings. The Morgan fingerprint density at radius 2 is 2.00 bits per heavy atom. The predicted molar refractivity (Wildman–Crippen MR) is 62.2 cm³/mol. The van der Waals surface area contributed by atoms with Crippen molar-refractivity contribution in [1.29, 1.82) is 0 Å². The third-order valence-electron chi connectivity index (χ3n) is 2.45. The molecule has 3 nitrogen and oxygen atoms in total. The minimum absolute atomic E-state index is 0.167. The average Bonchev–Trinajstić information content (AvgIpc) is 2.27. The molecule has 1 aromatic rings. The third kappa shape index (κ3) is 2.98. The van der Waals surface area contributed by atoms with Crippen molar-refractivity contribution >= 4 is 11.6 Å². The number of para-hydroxylation sites is 1. The lowest BCUT2D eigenvalue weighted by atomic mass is 10.1. The Morgan fingerprint density at radius 1 is 1.33 bits per heavy atom. The van der Waals surface area contributed by atoms with Crippen LogP contribution in [0, 0.1) is 0 Å². The molecule has 3 heteroatoms. The molecule has 0 bridgehead atoms. The van der Waals surface area contributed by atoms with Gasteiger partial charge in [-0.25, -0.2) is 0 Å². The number of nitrogen functional groups attached to an aromatic ring is 1. The van der Waals surface area contributed by atoms with Crippen molar-refractivity contribution in [2.75, 3.05) is 12.3 Å². The lowest BCUT2D eigenvalue weighted by Gasteiger charge is -2.21. The van der Waals surface area contributed by atoms with E-state index >= 15 is 0 Å². The first-order valence-corrected chi connectivity index (χ1v) is 5.30. The molecule has 82 valence electrons. The molecule has 0 radical (unpaired) electrons. The van der Waals surface area contributed by atoms with Crippen molar-refractivity contribution in [1.82, 2.24) is 4.90 Å². The Kier molecular flexibility index (Phi) is 4.16. The van der Waals surface area contributed by atoms with Gasteiger partial charge in [0.05, 0.1) is 0 Å². The van der Waals surface area contributed by atoms with Crippen LogP contribution in [-0.4, -0.2) is 17.4 Å². The number of nitrogens with zero attached hydrogens (tertiary/aromatic N) is 1. The molecule has 0 heterocycles. The van der Waals surface area contributed by atoms with E-state index in [1.807, 2.05) is 43.0 Å². The maximum atomic E-state index is 11.5. The van der Waals surface area contributed by atoms with Crippen molar-refractivity contribution in [2.24, 2.45) is 0 Å². The van der Waals surface area contributed by atoms with Gasteiger partial charge in [0.25, 0.3) is 0 Å². The zero-order valence-corrected chi connectivity index (χ0v) is 9.36. The minimum atomic E-state index is 0.167. The Balaban J connectivity index is 2.75. The highest BCUT2D eigenvalue weighted by atomic mass is 16.2. The number of nitrogens with two attached hydrogens (primary N) is 1. The second-order valence-corrected chi connectivity index (χ2v) is 3.46. The zero-order valence-electron chi connectivity index (χ0n) is 9.36. The molecule has 0 aliphatic heterocycles. The molecular weight excluding hydrogens is 188 g/mol. The number of anilines is 1. The average molecular weight is 206 g/mol. The molecule has 1 rings (SSSR count). The fourth-order valence-electron chi connectivity index (χ4n) is 1.48. The quantitative estimate of drug-likeness (QED) is 0.766. The van der Waals surface area contributed by atoms with Crippen LogP contribution in [0.2, 0.25) is 0 Å². The summed E-state index contributed by atoms with van der Waals surface area (Å²) in [4.78, 5) is 13.4. The highest BCUT2D eigenvalue weighted by molar-refractivity contribution is 5.76. The van der Waals surface area contributed by atoms with Crippen LogP contribution in [0.4, 0.5) is 5.69 Å². The molecule has 1 amide bonds. The second-order valence-electron chi connectivity index (χ2n) is 3.46. The summed E-state index contributed by atoms with van der Waals surface area (Å²) in [6, 6.07) is 7.66. The van der Waals surface area contributed by atoms with Gasteiger partial charge in [-0.3, -0.25) is 4.79 Å². The number of hydrogen-bond donors (Lipinski definition) is 1. The van der Waals surface area contributed by atoms with E-state index in [-0.39, 0.29) is 5.91 Å². The Labute approximate surface area is 90.9 Å². The molecule has 0 atom stereocenters. The van der Waals surface area contributed by atoms with Crippen molar-refractivity contribution in [2.45, 2.75) is 26.8 Å². The molecule has 0 spiro atoms. The van der Waals surface area contributed by atoms with Crippen LogP contribution < -0.4 is 5.73 Å². The summed E-state index contributed by atoms with van der Waals surface area (Å²) in [6.07, 6.45) is 0.542. The summed E-state index contributed by atoms with van der Waals surface area (Å²) in [5, 5.41) is 0. The van der Waals surface area contributed by atoms with Crippen molar-refractivity contribution in [3.8, 4) is 0 Å². The molecular formula is C12H18N2O. The number of carbonyl (C=O) groups is 1. The van der Waals surface area contributed by atoms with E-state index in [1.165, 1.54) is 0 Å². The maximum Gasteiger partial charge on any atom is 0.222 e. The van der Waals surface area contributed by atoms with Crippen LogP contribution in [0.3, 0.4) is 0 Å².